The average molecular weight is 297 g/mol. The lowest BCUT2D eigenvalue weighted by Crippen LogP contribution is -2.31. The van der Waals surface area contributed by atoms with Crippen molar-refractivity contribution in [2.75, 3.05) is 13.1 Å². The molecule has 0 bridgehead atoms. The predicted octanol–water partition coefficient (Wildman–Crippen LogP) is 2.53. The van der Waals surface area contributed by atoms with E-state index in [2.05, 4.69) is 15.9 Å². The molecule has 1 N–H and O–H groups in total. The van der Waals surface area contributed by atoms with Crippen molar-refractivity contribution in [2.45, 2.75) is 13.3 Å². The number of carbonyl (C=O) groups is 1. The first-order valence-corrected chi connectivity index (χ1v) is 6.04. The van der Waals surface area contributed by atoms with Crippen LogP contribution in [0.4, 0.5) is 0 Å². The first-order chi connectivity index (χ1) is 8.10. The van der Waals surface area contributed by atoms with Crippen molar-refractivity contribution in [1.29, 1.82) is 5.26 Å². The largest absolute Gasteiger partial charge is 0.507 e. The summed E-state index contributed by atoms with van der Waals surface area (Å²) >= 11 is 3.21. The van der Waals surface area contributed by atoms with Gasteiger partial charge in [-0.25, -0.2) is 0 Å². The van der Waals surface area contributed by atoms with Gasteiger partial charge in [0.2, 0.25) is 0 Å². The second kappa shape index (κ2) is 6.26. The van der Waals surface area contributed by atoms with Gasteiger partial charge in [0, 0.05) is 17.6 Å². The Morgan fingerprint density at radius 1 is 1.59 bits per heavy atom. The normalized spacial score (nSPS) is 9.71. The van der Waals surface area contributed by atoms with E-state index in [4.69, 9.17) is 5.26 Å². The third kappa shape index (κ3) is 3.46. The number of nitrogens with zero attached hydrogens (tertiary/aromatic N) is 2. The Morgan fingerprint density at radius 3 is 2.82 bits per heavy atom. The molecule has 0 spiro atoms. The highest BCUT2D eigenvalue weighted by Crippen LogP contribution is 2.23. The third-order valence-corrected chi connectivity index (χ3v) is 2.85. The molecule has 0 atom stereocenters. The second-order valence-electron chi connectivity index (χ2n) is 3.45. The highest BCUT2D eigenvalue weighted by molar-refractivity contribution is 9.10. The lowest BCUT2D eigenvalue weighted by atomic mass is 10.1. The molecule has 1 amide bonds. The van der Waals surface area contributed by atoms with E-state index in [1.54, 1.807) is 12.1 Å². The number of phenols is 1. The number of hydrogen-bond acceptors (Lipinski definition) is 3. The topological polar surface area (TPSA) is 64.3 Å². The van der Waals surface area contributed by atoms with E-state index in [1.165, 1.54) is 11.0 Å². The van der Waals surface area contributed by atoms with Crippen molar-refractivity contribution < 1.29 is 9.90 Å². The van der Waals surface area contributed by atoms with Crippen LogP contribution >= 0.6 is 15.9 Å². The Kier molecular flexibility index (Phi) is 4.98. The number of aromatic hydroxyl groups is 1. The van der Waals surface area contributed by atoms with Gasteiger partial charge in [-0.15, -0.1) is 0 Å². The number of benzene rings is 1. The number of halogens is 1. The Balaban J connectivity index is 2.90. The van der Waals surface area contributed by atoms with Crippen LogP contribution in [0.2, 0.25) is 0 Å². The van der Waals surface area contributed by atoms with Gasteiger partial charge in [0.1, 0.15) is 5.75 Å². The fourth-order valence-electron chi connectivity index (χ4n) is 1.44. The lowest BCUT2D eigenvalue weighted by Gasteiger charge is -2.20. The lowest BCUT2D eigenvalue weighted by molar-refractivity contribution is 0.0765. The Bertz CT molecular complexity index is 454. The van der Waals surface area contributed by atoms with Crippen LogP contribution < -0.4 is 0 Å². The molecule has 5 heteroatoms. The van der Waals surface area contributed by atoms with E-state index in [0.29, 0.717) is 17.6 Å². The Morgan fingerprint density at radius 2 is 2.29 bits per heavy atom. The van der Waals surface area contributed by atoms with Gasteiger partial charge in [-0.1, -0.05) is 15.9 Å². The first kappa shape index (κ1) is 13.5. The Labute approximate surface area is 109 Å². The number of hydrogen-bond donors (Lipinski definition) is 1. The summed E-state index contributed by atoms with van der Waals surface area (Å²) < 4.78 is 0.714. The van der Waals surface area contributed by atoms with Crippen LogP contribution in [0.1, 0.15) is 23.7 Å². The van der Waals surface area contributed by atoms with Crippen LogP contribution in [0.25, 0.3) is 0 Å². The van der Waals surface area contributed by atoms with Crippen LogP contribution in [0.15, 0.2) is 22.7 Å². The van der Waals surface area contributed by atoms with E-state index < -0.39 is 0 Å². The van der Waals surface area contributed by atoms with E-state index >= 15 is 0 Å². The summed E-state index contributed by atoms with van der Waals surface area (Å²) in [7, 11) is 0. The third-order valence-electron chi connectivity index (χ3n) is 2.35. The predicted molar refractivity (Wildman–Crippen MR) is 67.6 cm³/mol. The maximum absolute atomic E-state index is 12.1. The van der Waals surface area contributed by atoms with Crippen molar-refractivity contribution in [3.8, 4) is 11.8 Å². The van der Waals surface area contributed by atoms with Crippen molar-refractivity contribution >= 4 is 21.8 Å². The molecule has 0 saturated carbocycles. The van der Waals surface area contributed by atoms with Gasteiger partial charge in [0.05, 0.1) is 18.1 Å². The first-order valence-electron chi connectivity index (χ1n) is 5.25. The number of carbonyl (C=O) groups excluding carboxylic acids is 1. The van der Waals surface area contributed by atoms with Gasteiger partial charge in [0.25, 0.3) is 5.91 Å². The molecule has 0 aliphatic rings. The van der Waals surface area contributed by atoms with Crippen LogP contribution in [0.3, 0.4) is 0 Å². The summed E-state index contributed by atoms with van der Waals surface area (Å²) in [6.07, 6.45) is 0.289. The Hall–Kier alpha value is -1.54. The zero-order valence-electron chi connectivity index (χ0n) is 9.48. The smallest absolute Gasteiger partial charge is 0.257 e. The van der Waals surface area contributed by atoms with Crippen LogP contribution in [-0.4, -0.2) is 29.0 Å². The summed E-state index contributed by atoms with van der Waals surface area (Å²) in [6.45, 7) is 2.72. The van der Waals surface area contributed by atoms with Gasteiger partial charge in [-0.2, -0.15) is 5.26 Å². The number of amides is 1. The summed E-state index contributed by atoms with van der Waals surface area (Å²) in [4.78, 5) is 13.6. The van der Waals surface area contributed by atoms with Crippen LogP contribution in [0, 0.1) is 11.3 Å². The van der Waals surface area contributed by atoms with Crippen molar-refractivity contribution in [1.82, 2.24) is 4.90 Å². The van der Waals surface area contributed by atoms with Gasteiger partial charge < -0.3 is 10.0 Å². The van der Waals surface area contributed by atoms with Gasteiger partial charge in [-0.3, -0.25) is 4.79 Å². The number of rotatable bonds is 4. The molecular weight excluding hydrogens is 284 g/mol. The van der Waals surface area contributed by atoms with Crippen LogP contribution in [0.5, 0.6) is 5.75 Å². The zero-order valence-corrected chi connectivity index (χ0v) is 11.1. The summed E-state index contributed by atoms with van der Waals surface area (Å²) in [5, 5.41) is 18.2. The molecule has 1 rings (SSSR count). The van der Waals surface area contributed by atoms with E-state index in [0.717, 1.165) is 0 Å². The van der Waals surface area contributed by atoms with Crippen molar-refractivity contribution in [2.24, 2.45) is 0 Å². The molecule has 4 nitrogen and oxygen atoms in total. The number of phenolic OH excluding ortho intramolecular Hbond substituents is 1. The second-order valence-corrected chi connectivity index (χ2v) is 4.37. The molecule has 0 aliphatic carbocycles. The minimum atomic E-state index is -0.257. The maximum Gasteiger partial charge on any atom is 0.257 e. The van der Waals surface area contributed by atoms with Gasteiger partial charge in [0.15, 0.2) is 0 Å². The fraction of sp³-hybridized carbons (Fsp3) is 0.333. The molecule has 0 heterocycles. The average Bonchev–Trinajstić information content (AvgIpc) is 2.29. The zero-order chi connectivity index (χ0) is 12.8. The molecule has 90 valence electrons. The molecular formula is C12H13BrN2O2. The molecule has 1 aromatic carbocycles. The SMILES string of the molecule is CCN(CCC#N)C(=O)c1ccc(Br)cc1O. The number of nitriles is 1. The molecule has 0 aromatic heterocycles. The van der Waals surface area contributed by atoms with Crippen molar-refractivity contribution in [3.63, 3.8) is 0 Å². The van der Waals surface area contributed by atoms with Crippen molar-refractivity contribution in [3.05, 3.63) is 28.2 Å². The molecule has 1 aromatic rings. The van der Waals surface area contributed by atoms with Crippen LogP contribution in [-0.2, 0) is 0 Å². The highest BCUT2D eigenvalue weighted by atomic mass is 79.9. The van der Waals surface area contributed by atoms with E-state index in [-0.39, 0.29) is 23.6 Å². The molecule has 0 unspecified atom stereocenters. The standard InChI is InChI=1S/C12H13BrN2O2/c1-2-15(7-3-6-14)12(17)10-5-4-9(13)8-11(10)16/h4-5,8,16H,2-3,7H2,1H3. The van der Waals surface area contributed by atoms with E-state index in [9.17, 15) is 9.90 Å². The van der Waals surface area contributed by atoms with E-state index in [1.807, 2.05) is 13.0 Å². The quantitative estimate of drug-likeness (QED) is 0.928. The molecule has 17 heavy (non-hydrogen) atoms. The molecule has 0 saturated heterocycles. The molecule has 0 fully saturated rings. The summed E-state index contributed by atoms with van der Waals surface area (Å²) in [6, 6.07) is 6.74. The summed E-state index contributed by atoms with van der Waals surface area (Å²) in [5.41, 5.74) is 0.257. The minimum Gasteiger partial charge on any atom is -0.507 e. The molecule has 0 radical (unpaired) electrons. The minimum absolute atomic E-state index is 0.0558. The molecule has 0 aliphatic heterocycles. The maximum atomic E-state index is 12.1. The highest BCUT2D eigenvalue weighted by Gasteiger charge is 2.17. The monoisotopic (exact) mass is 296 g/mol. The van der Waals surface area contributed by atoms with Gasteiger partial charge in [-0.05, 0) is 25.1 Å². The fourth-order valence-corrected chi connectivity index (χ4v) is 1.79. The summed E-state index contributed by atoms with van der Waals surface area (Å²) in [5.74, 6) is -0.312. The van der Waals surface area contributed by atoms with Gasteiger partial charge >= 0.3 is 0 Å².